The molecule has 3 aromatic rings. The number of nitrogens with zero attached hydrogens (tertiary/aromatic N) is 4. The fourth-order valence-electron chi connectivity index (χ4n) is 2.44. The highest BCUT2D eigenvalue weighted by Crippen LogP contribution is 2.26. The lowest BCUT2D eigenvalue weighted by atomic mass is 10.1. The molecule has 6 heteroatoms. The minimum absolute atomic E-state index is 0.192. The Morgan fingerprint density at radius 3 is 2.62 bits per heavy atom. The van der Waals surface area contributed by atoms with Crippen LogP contribution >= 0.6 is 0 Å². The molecule has 0 bridgehead atoms. The summed E-state index contributed by atoms with van der Waals surface area (Å²) in [5.41, 5.74) is 5.16. The zero-order valence-electron chi connectivity index (χ0n) is 13.8. The second-order valence-corrected chi connectivity index (χ2v) is 5.85. The number of pyridine rings is 1. The first-order valence-corrected chi connectivity index (χ1v) is 7.62. The maximum absolute atomic E-state index is 11.1. The minimum atomic E-state index is -0.947. The van der Waals surface area contributed by atoms with Crippen LogP contribution in [-0.2, 0) is 11.2 Å². The molecule has 0 aliphatic carbocycles. The SMILES string of the molecule is Cc1ccn2c(N=Nc3ccc(C)c(C)c3)c(CC(=O)O)nc2c1. The van der Waals surface area contributed by atoms with Crippen LogP contribution in [0.25, 0.3) is 5.65 Å². The van der Waals surface area contributed by atoms with E-state index in [4.69, 9.17) is 5.11 Å². The van der Waals surface area contributed by atoms with Crippen LogP contribution in [0.15, 0.2) is 46.8 Å². The van der Waals surface area contributed by atoms with Crippen molar-refractivity contribution in [2.75, 3.05) is 0 Å². The molecule has 1 N–H and O–H groups in total. The fourth-order valence-corrected chi connectivity index (χ4v) is 2.44. The molecule has 2 heterocycles. The summed E-state index contributed by atoms with van der Waals surface area (Å²) in [6, 6.07) is 9.63. The molecular formula is C18H18N4O2. The molecule has 1 aromatic carbocycles. The lowest BCUT2D eigenvalue weighted by Crippen LogP contribution is -2.00. The van der Waals surface area contributed by atoms with E-state index in [-0.39, 0.29) is 6.42 Å². The van der Waals surface area contributed by atoms with Crippen molar-refractivity contribution in [3.63, 3.8) is 0 Å². The molecule has 2 aromatic heterocycles. The van der Waals surface area contributed by atoms with Crippen LogP contribution < -0.4 is 0 Å². The zero-order chi connectivity index (χ0) is 17.3. The van der Waals surface area contributed by atoms with E-state index < -0.39 is 5.97 Å². The Balaban J connectivity index is 2.07. The van der Waals surface area contributed by atoms with Gasteiger partial charge in [0.05, 0.1) is 17.8 Å². The molecule has 0 aliphatic heterocycles. The highest BCUT2D eigenvalue weighted by Gasteiger charge is 2.15. The van der Waals surface area contributed by atoms with Crippen molar-refractivity contribution in [3.05, 3.63) is 58.9 Å². The lowest BCUT2D eigenvalue weighted by Gasteiger charge is -2.01. The van der Waals surface area contributed by atoms with E-state index >= 15 is 0 Å². The number of hydrogen-bond donors (Lipinski definition) is 1. The molecule has 0 unspecified atom stereocenters. The van der Waals surface area contributed by atoms with Gasteiger partial charge in [0.2, 0.25) is 0 Å². The number of imidazole rings is 1. The van der Waals surface area contributed by atoms with Crippen LogP contribution in [0.2, 0.25) is 0 Å². The number of azo groups is 1. The Hall–Kier alpha value is -3.02. The Bertz CT molecular complexity index is 957. The molecule has 6 nitrogen and oxygen atoms in total. The first-order valence-electron chi connectivity index (χ1n) is 7.62. The van der Waals surface area contributed by atoms with E-state index in [0.717, 1.165) is 16.8 Å². The summed E-state index contributed by atoms with van der Waals surface area (Å²) in [6.07, 6.45) is 1.64. The number of hydrogen-bond acceptors (Lipinski definition) is 4. The Kier molecular flexibility index (Phi) is 4.12. The van der Waals surface area contributed by atoms with Gasteiger partial charge in [0, 0.05) is 6.20 Å². The maximum atomic E-state index is 11.1. The summed E-state index contributed by atoms with van der Waals surface area (Å²) < 4.78 is 1.76. The van der Waals surface area contributed by atoms with Gasteiger partial charge in [0.15, 0.2) is 5.82 Å². The Morgan fingerprint density at radius 1 is 1.12 bits per heavy atom. The zero-order valence-corrected chi connectivity index (χ0v) is 13.8. The second-order valence-electron chi connectivity index (χ2n) is 5.85. The van der Waals surface area contributed by atoms with Gasteiger partial charge in [0.1, 0.15) is 5.65 Å². The van der Waals surface area contributed by atoms with Gasteiger partial charge < -0.3 is 5.11 Å². The first-order chi connectivity index (χ1) is 11.4. The third-order valence-corrected chi connectivity index (χ3v) is 3.90. The van der Waals surface area contributed by atoms with Crippen LogP contribution in [0.5, 0.6) is 0 Å². The standard InChI is InChI=1S/C18H18N4O2/c1-11-6-7-22-16(8-11)19-15(10-17(23)24)18(22)21-20-14-5-4-12(2)13(3)9-14/h4-9H,10H2,1-3H3,(H,23,24). The summed E-state index contributed by atoms with van der Waals surface area (Å²) in [4.78, 5) is 15.5. The number of carboxylic acids is 1. The summed E-state index contributed by atoms with van der Waals surface area (Å²) in [5.74, 6) is -0.497. The van der Waals surface area contributed by atoms with E-state index in [2.05, 4.69) is 15.2 Å². The van der Waals surface area contributed by atoms with Gasteiger partial charge in [-0.05, 0) is 61.7 Å². The molecule has 0 atom stereocenters. The van der Waals surface area contributed by atoms with Crippen LogP contribution in [0.3, 0.4) is 0 Å². The molecule has 122 valence electrons. The third kappa shape index (κ3) is 3.17. The number of rotatable bonds is 4. The van der Waals surface area contributed by atoms with E-state index in [1.54, 1.807) is 4.40 Å². The van der Waals surface area contributed by atoms with Crippen molar-refractivity contribution in [3.8, 4) is 0 Å². The predicted molar refractivity (Wildman–Crippen MR) is 91.4 cm³/mol. The molecule has 0 radical (unpaired) electrons. The van der Waals surface area contributed by atoms with E-state index in [1.165, 1.54) is 5.56 Å². The molecule has 0 saturated carbocycles. The highest BCUT2D eigenvalue weighted by molar-refractivity contribution is 5.72. The average molecular weight is 322 g/mol. The summed E-state index contributed by atoms with van der Waals surface area (Å²) >= 11 is 0. The molecule has 0 amide bonds. The number of carbonyl (C=O) groups is 1. The van der Waals surface area contributed by atoms with E-state index in [9.17, 15) is 4.79 Å². The van der Waals surface area contributed by atoms with Crippen LogP contribution in [-0.4, -0.2) is 20.5 Å². The molecule has 0 aliphatic rings. The highest BCUT2D eigenvalue weighted by atomic mass is 16.4. The van der Waals surface area contributed by atoms with E-state index in [1.807, 2.05) is 57.3 Å². The second kappa shape index (κ2) is 6.23. The number of benzene rings is 1. The van der Waals surface area contributed by atoms with Crippen molar-refractivity contribution in [2.45, 2.75) is 27.2 Å². The van der Waals surface area contributed by atoms with Gasteiger partial charge in [-0.3, -0.25) is 9.20 Å². The molecule has 0 spiro atoms. The number of aryl methyl sites for hydroxylation is 3. The number of aliphatic carboxylic acids is 1. The summed E-state index contributed by atoms with van der Waals surface area (Å²) in [5, 5.41) is 17.6. The smallest absolute Gasteiger partial charge is 0.309 e. The van der Waals surface area contributed by atoms with Crippen LogP contribution in [0, 0.1) is 20.8 Å². The average Bonchev–Trinajstić information content (AvgIpc) is 2.84. The summed E-state index contributed by atoms with van der Waals surface area (Å²) in [6.45, 7) is 6.01. The van der Waals surface area contributed by atoms with Crippen molar-refractivity contribution in [1.82, 2.24) is 9.38 Å². The van der Waals surface area contributed by atoms with Crippen molar-refractivity contribution < 1.29 is 9.90 Å². The Labute approximate surface area is 139 Å². The first kappa shape index (κ1) is 15.9. The number of carboxylic acid groups (broad SMARTS) is 1. The van der Waals surface area contributed by atoms with E-state index in [0.29, 0.717) is 17.2 Å². The molecule has 24 heavy (non-hydrogen) atoms. The lowest BCUT2D eigenvalue weighted by molar-refractivity contribution is -0.136. The van der Waals surface area contributed by atoms with Crippen LogP contribution in [0.4, 0.5) is 11.5 Å². The predicted octanol–water partition coefficient (Wildman–Crippen LogP) is 4.30. The molecule has 0 saturated heterocycles. The molecule has 3 rings (SSSR count). The number of fused-ring (bicyclic) bond motifs is 1. The molecule has 0 fully saturated rings. The summed E-state index contributed by atoms with van der Waals surface area (Å²) in [7, 11) is 0. The van der Waals surface area contributed by atoms with Gasteiger partial charge in [-0.1, -0.05) is 6.07 Å². The van der Waals surface area contributed by atoms with Crippen molar-refractivity contribution in [2.24, 2.45) is 10.2 Å². The monoisotopic (exact) mass is 322 g/mol. The fraction of sp³-hybridized carbons (Fsp3) is 0.222. The van der Waals surface area contributed by atoms with Gasteiger partial charge in [0.25, 0.3) is 0 Å². The number of aromatic nitrogens is 2. The minimum Gasteiger partial charge on any atom is -0.481 e. The topological polar surface area (TPSA) is 79.3 Å². The molecular weight excluding hydrogens is 304 g/mol. The largest absolute Gasteiger partial charge is 0.481 e. The van der Waals surface area contributed by atoms with Gasteiger partial charge in [-0.15, -0.1) is 10.2 Å². The van der Waals surface area contributed by atoms with Gasteiger partial charge >= 0.3 is 5.97 Å². The van der Waals surface area contributed by atoms with Gasteiger partial charge in [-0.2, -0.15) is 0 Å². The van der Waals surface area contributed by atoms with Crippen molar-refractivity contribution >= 4 is 23.1 Å². The maximum Gasteiger partial charge on any atom is 0.309 e. The third-order valence-electron chi connectivity index (χ3n) is 3.90. The van der Waals surface area contributed by atoms with Gasteiger partial charge in [-0.25, -0.2) is 4.98 Å². The quantitative estimate of drug-likeness (QED) is 0.727. The normalized spacial score (nSPS) is 11.5. The Morgan fingerprint density at radius 2 is 1.92 bits per heavy atom. The van der Waals surface area contributed by atoms with Crippen molar-refractivity contribution in [1.29, 1.82) is 0 Å². The van der Waals surface area contributed by atoms with Crippen LogP contribution in [0.1, 0.15) is 22.4 Å².